The van der Waals surface area contributed by atoms with E-state index in [-0.39, 0.29) is 6.23 Å². The number of ether oxygens (including phenoxy) is 1. The maximum Gasteiger partial charge on any atom is 0.494 e. The molecule has 1 atom stereocenters. The van der Waals surface area contributed by atoms with Crippen LogP contribution in [-0.4, -0.2) is 34.7 Å². The van der Waals surface area contributed by atoms with Gasteiger partial charge in [-0.3, -0.25) is 0 Å². The molecule has 23 heavy (non-hydrogen) atoms. The van der Waals surface area contributed by atoms with Crippen molar-refractivity contribution < 1.29 is 18.4 Å². The van der Waals surface area contributed by atoms with Crippen molar-refractivity contribution in [2.45, 2.75) is 51.5 Å². The van der Waals surface area contributed by atoms with Crippen LogP contribution in [0.1, 0.15) is 40.3 Å². The van der Waals surface area contributed by atoms with Gasteiger partial charge in [-0.25, -0.2) is 4.68 Å². The van der Waals surface area contributed by atoms with Crippen molar-refractivity contribution in [1.82, 2.24) is 9.78 Å². The molecule has 3 heterocycles. The van der Waals surface area contributed by atoms with Crippen molar-refractivity contribution in [3.63, 3.8) is 0 Å². The molecular weight excluding hydrogens is 298 g/mol. The maximum absolute atomic E-state index is 14.0. The molecule has 2 aromatic rings. The smallest absolute Gasteiger partial charge is 0.399 e. The van der Waals surface area contributed by atoms with Crippen molar-refractivity contribution in [2.75, 3.05) is 6.61 Å². The zero-order valence-electron chi connectivity index (χ0n) is 13.8. The number of aromatic nitrogens is 2. The molecule has 2 saturated heterocycles. The second kappa shape index (κ2) is 4.78. The first kappa shape index (κ1) is 15.1. The summed E-state index contributed by atoms with van der Waals surface area (Å²) in [5.74, 6) is -0.476. The normalized spacial score (nSPS) is 25.8. The molecule has 0 amide bonds. The number of hydrogen-bond acceptors (Lipinski definition) is 4. The Hall–Kier alpha value is -1.44. The molecule has 122 valence electrons. The summed E-state index contributed by atoms with van der Waals surface area (Å²) in [6.45, 7) is 8.73. The van der Waals surface area contributed by atoms with E-state index >= 15 is 0 Å². The number of rotatable bonds is 2. The fourth-order valence-electron chi connectivity index (χ4n) is 2.88. The molecule has 0 saturated carbocycles. The molecular formula is C16H20BFN2O3. The third kappa shape index (κ3) is 2.22. The minimum absolute atomic E-state index is 0.185. The molecule has 2 aliphatic rings. The van der Waals surface area contributed by atoms with Gasteiger partial charge in [-0.2, -0.15) is 4.39 Å². The number of nitrogens with zero attached hydrogens (tertiary/aromatic N) is 2. The molecule has 1 aromatic heterocycles. The summed E-state index contributed by atoms with van der Waals surface area (Å²) < 4.78 is 33.2. The highest BCUT2D eigenvalue weighted by molar-refractivity contribution is 6.62. The van der Waals surface area contributed by atoms with Crippen molar-refractivity contribution in [3.05, 3.63) is 24.1 Å². The van der Waals surface area contributed by atoms with Crippen LogP contribution < -0.4 is 5.46 Å². The Balaban J connectivity index is 1.75. The Morgan fingerprint density at radius 1 is 1.22 bits per heavy atom. The first-order valence-electron chi connectivity index (χ1n) is 7.93. The zero-order valence-corrected chi connectivity index (χ0v) is 13.8. The zero-order chi connectivity index (χ0) is 16.4. The first-order valence-corrected chi connectivity index (χ1v) is 7.93. The second-order valence-electron chi connectivity index (χ2n) is 7.21. The molecule has 0 bridgehead atoms. The summed E-state index contributed by atoms with van der Waals surface area (Å²) in [6, 6.07) is 5.45. The van der Waals surface area contributed by atoms with E-state index in [2.05, 4.69) is 5.10 Å². The molecule has 5 nitrogen and oxygen atoms in total. The standard InChI is InChI=1S/C16H20BFN2O3/c1-15(2)16(3,4)23-17(22-15)10-5-6-11-12(9-10)20(19-14(11)18)13-7-8-21-13/h5-6,9,13H,7-8H2,1-4H3. The molecule has 2 aliphatic heterocycles. The summed E-state index contributed by atoms with van der Waals surface area (Å²) in [7, 11) is -0.474. The average molecular weight is 318 g/mol. The van der Waals surface area contributed by atoms with Gasteiger partial charge in [-0.1, -0.05) is 6.07 Å². The van der Waals surface area contributed by atoms with Gasteiger partial charge in [-0.15, -0.1) is 5.10 Å². The van der Waals surface area contributed by atoms with Crippen LogP contribution in [0.25, 0.3) is 10.9 Å². The summed E-state index contributed by atoms with van der Waals surface area (Å²) in [5, 5.41) is 4.47. The van der Waals surface area contributed by atoms with Crippen LogP contribution in [0.4, 0.5) is 4.39 Å². The Bertz CT molecular complexity index is 754. The highest BCUT2D eigenvalue weighted by Crippen LogP contribution is 2.37. The topological polar surface area (TPSA) is 45.5 Å². The molecule has 4 rings (SSSR count). The van der Waals surface area contributed by atoms with E-state index in [0.29, 0.717) is 17.5 Å². The Labute approximate surface area is 134 Å². The van der Waals surface area contributed by atoms with Crippen LogP contribution in [0.3, 0.4) is 0 Å². The number of hydrogen-bond donors (Lipinski definition) is 0. The summed E-state index contributed by atoms with van der Waals surface area (Å²) in [5.41, 5.74) is 0.751. The van der Waals surface area contributed by atoms with Crippen LogP contribution in [-0.2, 0) is 14.0 Å². The van der Waals surface area contributed by atoms with Crippen molar-refractivity contribution in [3.8, 4) is 0 Å². The van der Waals surface area contributed by atoms with E-state index in [1.807, 2.05) is 39.8 Å². The number of fused-ring (bicyclic) bond motifs is 1. The van der Waals surface area contributed by atoms with Crippen molar-refractivity contribution in [1.29, 1.82) is 0 Å². The largest absolute Gasteiger partial charge is 0.494 e. The lowest BCUT2D eigenvalue weighted by molar-refractivity contribution is -0.104. The molecule has 0 N–H and O–H groups in total. The van der Waals surface area contributed by atoms with Crippen LogP contribution in [0.5, 0.6) is 0 Å². The van der Waals surface area contributed by atoms with Gasteiger partial charge < -0.3 is 14.0 Å². The third-order valence-corrected chi connectivity index (χ3v) is 5.16. The second-order valence-corrected chi connectivity index (χ2v) is 7.21. The molecule has 0 spiro atoms. The van der Waals surface area contributed by atoms with Gasteiger partial charge in [-0.05, 0) is 45.3 Å². The number of benzene rings is 1. The summed E-state index contributed by atoms with van der Waals surface area (Å²) in [6.07, 6.45) is 0.660. The van der Waals surface area contributed by atoms with Gasteiger partial charge in [0.15, 0.2) is 6.23 Å². The number of halogens is 1. The van der Waals surface area contributed by atoms with E-state index in [0.717, 1.165) is 11.9 Å². The van der Waals surface area contributed by atoms with Gasteiger partial charge in [0.2, 0.25) is 5.95 Å². The lowest BCUT2D eigenvalue weighted by Crippen LogP contribution is -2.41. The molecule has 1 unspecified atom stereocenters. The summed E-state index contributed by atoms with van der Waals surface area (Å²) >= 11 is 0. The molecule has 1 aromatic carbocycles. The summed E-state index contributed by atoms with van der Waals surface area (Å²) in [4.78, 5) is 0. The van der Waals surface area contributed by atoms with Gasteiger partial charge >= 0.3 is 7.12 Å². The Morgan fingerprint density at radius 3 is 2.43 bits per heavy atom. The predicted molar refractivity (Wildman–Crippen MR) is 85.0 cm³/mol. The third-order valence-electron chi connectivity index (χ3n) is 5.16. The molecule has 0 radical (unpaired) electrons. The van der Waals surface area contributed by atoms with Gasteiger partial charge in [0, 0.05) is 6.42 Å². The Morgan fingerprint density at radius 2 is 1.87 bits per heavy atom. The highest BCUT2D eigenvalue weighted by atomic mass is 19.1. The lowest BCUT2D eigenvalue weighted by Gasteiger charge is -2.32. The average Bonchev–Trinajstić information content (AvgIpc) is 2.83. The minimum Gasteiger partial charge on any atom is -0.399 e. The van der Waals surface area contributed by atoms with Crippen LogP contribution in [0.15, 0.2) is 18.2 Å². The predicted octanol–water partition coefficient (Wildman–Crippen LogP) is 2.39. The molecule has 7 heteroatoms. The van der Waals surface area contributed by atoms with E-state index in [9.17, 15) is 4.39 Å². The maximum atomic E-state index is 14.0. The van der Waals surface area contributed by atoms with Crippen molar-refractivity contribution in [2.24, 2.45) is 0 Å². The molecule has 0 aliphatic carbocycles. The SMILES string of the molecule is CC1(C)OB(c2ccc3c(F)nn(C4CCO4)c3c2)OC1(C)C. The van der Waals surface area contributed by atoms with Gasteiger partial charge in [0.05, 0.1) is 28.7 Å². The van der Waals surface area contributed by atoms with Crippen LogP contribution >= 0.6 is 0 Å². The fourth-order valence-corrected chi connectivity index (χ4v) is 2.88. The quantitative estimate of drug-likeness (QED) is 0.798. The van der Waals surface area contributed by atoms with Crippen molar-refractivity contribution >= 4 is 23.5 Å². The minimum atomic E-state index is -0.476. The van der Waals surface area contributed by atoms with Gasteiger partial charge in [0.25, 0.3) is 0 Å². The van der Waals surface area contributed by atoms with Gasteiger partial charge in [0.1, 0.15) is 0 Å². The highest BCUT2D eigenvalue weighted by Gasteiger charge is 2.51. The van der Waals surface area contributed by atoms with E-state index in [4.69, 9.17) is 14.0 Å². The molecule has 2 fully saturated rings. The monoisotopic (exact) mass is 318 g/mol. The van der Waals surface area contributed by atoms with E-state index in [1.165, 1.54) is 0 Å². The lowest BCUT2D eigenvalue weighted by atomic mass is 9.79. The van der Waals surface area contributed by atoms with E-state index < -0.39 is 24.3 Å². The van der Waals surface area contributed by atoms with Crippen LogP contribution in [0, 0.1) is 5.95 Å². The van der Waals surface area contributed by atoms with Crippen LogP contribution in [0.2, 0.25) is 0 Å². The fraction of sp³-hybridized carbons (Fsp3) is 0.562. The van der Waals surface area contributed by atoms with E-state index in [1.54, 1.807) is 10.7 Å². The Kier molecular flexibility index (Phi) is 3.14. The first-order chi connectivity index (χ1) is 10.8.